The van der Waals surface area contributed by atoms with Gasteiger partial charge in [0.2, 0.25) is 0 Å². The van der Waals surface area contributed by atoms with Crippen LogP contribution in [0.3, 0.4) is 0 Å². The Balaban J connectivity index is 2.14. The van der Waals surface area contributed by atoms with Crippen LogP contribution in [0.15, 0.2) is 30.6 Å². The predicted octanol–water partition coefficient (Wildman–Crippen LogP) is 2.64. The Hall–Kier alpha value is -2.23. The zero-order valence-corrected chi connectivity index (χ0v) is 9.73. The first-order valence-corrected chi connectivity index (χ1v) is 5.48. The Morgan fingerprint density at radius 2 is 1.94 bits per heavy atom. The Morgan fingerprint density at radius 1 is 1.06 bits per heavy atom. The highest BCUT2D eigenvalue weighted by Gasteiger charge is 2.06. The highest BCUT2D eigenvalue weighted by molar-refractivity contribution is 5.79. The molecule has 0 spiro atoms. The van der Waals surface area contributed by atoms with Gasteiger partial charge in [-0.1, -0.05) is 6.07 Å². The van der Waals surface area contributed by atoms with E-state index in [0.29, 0.717) is 0 Å². The summed E-state index contributed by atoms with van der Waals surface area (Å²) in [7, 11) is 0. The zero-order valence-electron chi connectivity index (χ0n) is 9.73. The third kappa shape index (κ3) is 1.78. The molecule has 4 nitrogen and oxygen atoms in total. The Kier molecular flexibility index (Phi) is 2.14. The molecular weight excluding hydrogens is 212 g/mol. The van der Waals surface area contributed by atoms with Gasteiger partial charge in [-0.3, -0.25) is 4.98 Å². The number of H-pyrrole nitrogens is 1. The summed E-state index contributed by atoms with van der Waals surface area (Å²) in [6.07, 6.45) is 3.48. The first-order chi connectivity index (χ1) is 8.22. The van der Waals surface area contributed by atoms with E-state index in [1.54, 1.807) is 12.4 Å². The molecule has 17 heavy (non-hydrogen) atoms. The van der Waals surface area contributed by atoms with Gasteiger partial charge in [0.05, 0.1) is 22.9 Å². The van der Waals surface area contributed by atoms with Gasteiger partial charge in [0, 0.05) is 6.20 Å². The van der Waals surface area contributed by atoms with E-state index in [9.17, 15) is 0 Å². The van der Waals surface area contributed by atoms with Gasteiger partial charge in [-0.2, -0.15) is 0 Å². The number of fused-ring (bicyclic) bond motifs is 1. The molecule has 3 rings (SSSR count). The summed E-state index contributed by atoms with van der Waals surface area (Å²) in [6, 6.07) is 6.13. The van der Waals surface area contributed by atoms with Gasteiger partial charge in [0.15, 0.2) is 5.82 Å². The predicted molar refractivity (Wildman–Crippen MR) is 66.6 cm³/mol. The fraction of sp³-hybridized carbons (Fsp3) is 0.154. The molecule has 0 atom stereocenters. The molecule has 4 heteroatoms. The van der Waals surface area contributed by atoms with Crippen molar-refractivity contribution in [3.63, 3.8) is 0 Å². The molecule has 0 saturated carbocycles. The summed E-state index contributed by atoms with van der Waals surface area (Å²) < 4.78 is 0. The Bertz CT molecular complexity index is 667. The summed E-state index contributed by atoms with van der Waals surface area (Å²) in [5.74, 6) is 0.762. The Labute approximate surface area is 98.8 Å². The van der Waals surface area contributed by atoms with Crippen LogP contribution in [-0.2, 0) is 0 Å². The van der Waals surface area contributed by atoms with Crippen molar-refractivity contribution in [2.75, 3.05) is 0 Å². The molecule has 0 saturated heterocycles. The third-order valence-corrected chi connectivity index (χ3v) is 2.66. The topological polar surface area (TPSA) is 54.5 Å². The number of hydrogen-bond donors (Lipinski definition) is 1. The molecule has 0 unspecified atom stereocenters. The zero-order chi connectivity index (χ0) is 11.8. The lowest BCUT2D eigenvalue weighted by atomic mass is 10.2. The van der Waals surface area contributed by atoms with E-state index >= 15 is 0 Å². The van der Waals surface area contributed by atoms with Crippen molar-refractivity contribution in [2.45, 2.75) is 13.8 Å². The molecule has 3 aromatic rings. The minimum absolute atomic E-state index is 0.762. The molecule has 2 aromatic heterocycles. The van der Waals surface area contributed by atoms with Crippen molar-refractivity contribution in [2.24, 2.45) is 0 Å². The van der Waals surface area contributed by atoms with Crippen LogP contribution in [-0.4, -0.2) is 19.9 Å². The number of imidazole rings is 1. The average Bonchev–Trinajstić information content (AvgIpc) is 2.72. The van der Waals surface area contributed by atoms with Gasteiger partial charge >= 0.3 is 0 Å². The van der Waals surface area contributed by atoms with E-state index in [1.807, 2.05) is 19.1 Å². The highest BCUT2D eigenvalue weighted by atomic mass is 15.0. The fourth-order valence-corrected chi connectivity index (χ4v) is 1.76. The van der Waals surface area contributed by atoms with Crippen LogP contribution in [0, 0.1) is 13.8 Å². The second-order valence-corrected chi connectivity index (χ2v) is 4.15. The molecule has 0 bridgehead atoms. The molecule has 1 N–H and O–H groups in total. The van der Waals surface area contributed by atoms with E-state index < -0.39 is 0 Å². The van der Waals surface area contributed by atoms with E-state index in [1.165, 1.54) is 5.56 Å². The van der Waals surface area contributed by atoms with Crippen molar-refractivity contribution < 1.29 is 0 Å². The standard InChI is InChI=1S/C13H12N4/c1-8-3-4-10-11(5-8)17-13(16-10)12-7-14-9(2)6-15-12/h3-7H,1-2H3,(H,16,17). The van der Waals surface area contributed by atoms with Gasteiger partial charge in [-0.15, -0.1) is 0 Å². The van der Waals surface area contributed by atoms with Gasteiger partial charge in [0.1, 0.15) is 5.69 Å². The summed E-state index contributed by atoms with van der Waals surface area (Å²) >= 11 is 0. The van der Waals surface area contributed by atoms with Crippen molar-refractivity contribution in [3.05, 3.63) is 41.9 Å². The summed E-state index contributed by atoms with van der Waals surface area (Å²) in [5, 5.41) is 0. The third-order valence-electron chi connectivity index (χ3n) is 2.66. The first-order valence-electron chi connectivity index (χ1n) is 5.48. The molecule has 0 amide bonds. The summed E-state index contributed by atoms with van der Waals surface area (Å²) in [4.78, 5) is 16.3. The van der Waals surface area contributed by atoms with Crippen LogP contribution in [0.5, 0.6) is 0 Å². The molecule has 0 aliphatic carbocycles. The van der Waals surface area contributed by atoms with Crippen molar-refractivity contribution in [1.82, 2.24) is 19.9 Å². The molecule has 84 valence electrons. The van der Waals surface area contributed by atoms with Crippen molar-refractivity contribution in [3.8, 4) is 11.5 Å². The number of rotatable bonds is 1. The number of nitrogens with zero attached hydrogens (tertiary/aromatic N) is 3. The van der Waals surface area contributed by atoms with E-state index in [2.05, 4.69) is 32.9 Å². The number of aryl methyl sites for hydroxylation is 2. The fourth-order valence-electron chi connectivity index (χ4n) is 1.76. The quantitative estimate of drug-likeness (QED) is 0.691. The lowest BCUT2D eigenvalue weighted by Crippen LogP contribution is -1.89. The number of aromatic amines is 1. The lowest BCUT2D eigenvalue weighted by molar-refractivity contribution is 1.10. The van der Waals surface area contributed by atoms with E-state index in [0.717, 1.165) is 28.2 Å². The number of benzene rings is 1. The number of aromatic nitrogens is 4. The Morgan fingerprint density at radius 3 is 2.71 bits per heavy atom. The smallest absolute Gasteiger partial charge is 0.158 e. The van der Waals surface area contributed by atoms with Crippen LogP contribution in [0.25, 0.3) is 22.6 Å². The van der Waals surface area contributed by atoms with E-state index in [4.69, 9.17) is 0 Å². The molecule has 0 aliphatic heterocycles. The first kappa shape index (κ1) is 9.96. The van der Waals surface area contributed by atoms with E-state index in [-0.39, 0.29) is 0 Å². The number of hydrogen-bond acceptors (Lipinski definition) is 3. The minimum atomic E-state index is 0.762. The van der Waals surface area contributed by atoms with Crippen molar-refractivity contribution >= 4 is 11.0 Å². The van der Waals surface area contributed by atoms with Gasteiger partial charge < -0.3 is 4.98 Å². The molecule has 0 fully saturated rings. The lowest BCUT2D eigenvalue weighted by Gasteiger charge is -1.94. The largest absolute Gasteiger partial charge is 0.337 e. The maximum atomic E-state index is 4.50. The van der Waals surface area contributed by atoms with Crippen LogP contribution in [0.2, 0.25) is 0 Å². The molecule has 1 aromatic carbocycles. The normalized spacial score (nSPS) is 10.9. The highest BCUT2D eigenvalue weighted by Crippen LogP contribution is 2.18. The number of nitrogens with one attached hydrogen (secondary N) is 1. The van der Waals surface area contributed by atoms with Crippen LogP contribution < -0.4 is 0 Å². The summed E-state index contributed by atoms with van der Waals surface area (Å²) in [5.41, 5.74) is 4.86. The molecule has 0 aliphatic rings. The maximum absolute atomic E-state index is 4.50. The summed E-state index contributed by atoms with van der Waals surface area (Å²) in [6.45, 7) is 3.98. The van der Waals surface area contributed by atoms with Gasteiger partial charge in [-0.05, 0) is 31.5 Å². The molecule has 0 radical (unpaired) electrons. The van der Waals surface area contributed by atoms with Gasteiger partial charge in [-0.25, -0.2) is 9.97 Å². The monoisotopic (exact) mass is 224 g/mol. The molecular formula is C13H12N4. The average molecular weight is 224 g/mol. The minimum Gasteiger partial charge on any atom is -0.337 e. The van der Waals surface area contributed by atoms with Gasteiger partial charge in [0.25, 0.3) is 0 Å². The second kappa shape index (κ2) is 3.66. The second-order valence-electron chi connectivity index (χ2n) is 4.15. The molecule has 2 heterocycles. The van der Waals surface area contributed by atoms with Crippen LogP contribution >= 0.6 is 0 Å². The van der Waals surface area contributed by atoms with Crippen LogP contribution in [0.4, 0.5) is 0 Å². The maximum Gasteiger partial charge on any atom is 0.158 e. The SMILES string of the molecule is Cc1ccc2nc(-c3cnc(C)cn3)[nH]c2c1. The van der Waals surface area contributed by atoms with Crippen LogP contribution in [0.1, 0.15) is 11.3 Å². The van der Waals surface area contributed by atoms with Crippen molar-refractivity contribution in [1.29, 1.82) is 0 Å².